The summed E-state index contributed by atoms with van der Waals surface area (Å²) in [6.07, 6.45) is 4.16. The lowest BCUT2D eigenvalue weighted by Crippen LogP contribution is -2.57. The molecule has 1 aliphatic heterocycles. The molecule has 0 aromatic heterocycles. The molecule has 0 bridgehead atoms. The number of sulfone groups is 1. The van der Waals surface area contributed by atoms with E-state index in [4.69, 9.17) is 0 Å². The summed E-state index contributed by atoms with van der Waals surface area (Å²) in [6, 6.07) is 1.02. The smallest absolute Gasteiger partial charge is 0.151 e. The summed E-state index contributed by atoms with van der Waals surface area (Å²) in [7, 11) is -2.85. The SMILES string of the molecule is CCCC1CN(CCS(=O)(=O)CCC)C(CC)CN1. The second-order valence-electron chi connectivity index (χ2n) is 5.60. The highest BCUT2D eigenvalue weighted by Crippen LogP contribution is 2.13. The lowest BCUT2D eigenvalue weighted by Gasteiger charge is -2.40. The maximum atomic E-state index is 11.8. The molecule has 114 valence electrons. The summed E-state index contributed by atoms with van der Waals surface area (Å²) >= 11 is 0. The van der Waals surface area contributed by atoms with Crippen molar-refractivity contribution >= 4 is 9.84 Å². The van der Waals surface area contributed by atoms with Gasteiger partial charge in [0.25, 0.3) is 0 Å². The standard InChI is InChI=1S/C14H30N2O2S/c1-4-7-13-12-16(14(6-3)11-15-13)8-10-19(17,18)9-5-2/h13-15H,4-12H2,1-3H3. The zero-order valence-corrected chi connectivity index (χ0v) is 13.5. The summed E-state index contributed by atoms with van der Waals surface area (Å²) in [5, 5.41) is 3.58. The van der Waals surface area contributed by atoms with Crippen LogP contribution in [0.25, 0.3) is 0 Å². The van der Waals surface area contributed by atoms with E-state index in [1.165, 1.54) is 12.8 Å². The quantitative estimate of drug-likeness (QED) is 0.739. The van der Waals surface area contributed by atoms with Crippen molar-refractivity contribution in [1.29, 1.82) is 0 Å². The van der Waals surface area contributed by atoms with E-state index in [1.807, 2.05) is 6.92 Å². The summed E-state index contributed by atoms with van der Waals surface area (Å²) in [6.45, 7) is 8.99. The monoisotopic (exact) mass is 290 g/mol. The fourth-order valence-electron chi connectivity index (χ4n) is 2.82. The van der Waals surface area contributed by atoms with E-state index in [-0.39, 0.29) is 0 Å². The Labute approximate surface area is 118 Å². The number of hydrogen-bond donors (Lipinski definition) is 1. The number of piperazine rings is 1. The Morgan fingerprint density at radius 3 is 2.47 bits per heavy atom. The minimum atomic E-state index is -2.85. The first-order valence-corrected chi connectivity index (χ1v) is 9.52. The van der Waals surface area contributed by atoms with Crippen molar-refractivity contribution in [3.8, 4) is 0 Å². The van der Waals surface area contributed by atoms with Crippen LogP contribution in [-0.2, 0) is 9.84 Å². The molecule has 4 nitrogen and oxygen atoms in total. The van der Waals surface area contributed by atoms with Crippen LogP contribution in [0, 0.1) is 0 Å². The van der Waals surface area contributed by atoms with Crippen LogP contribution in [-0.4, -0.2) is 56.5 Å². The van der Waals surface area contributed by atoms with Gasteiger partial charge in [-0.2, -0.15) is 0 Å². The van der Waals surface area contributed by atoms with Crippen LogP contribution >= 0.6 is 0 Å². The van der Waals surface area contributed by atoms with E-state index < -0.39 is 9.84 Å². The van der Waals surface area contributed by atoms with Gasteiger partial charge in [0, 0.05) is 37.5 Å². The van der Waals surface area contributed by atoms with Crippen LogP contribution in [0.2, 0.25) is 0 Å². The van der Waals surface area contributed by atoms with Crippen LogP contribution in [0.5, 0.6) is 0 Å². The molecule has 0 saturated carbocycles. The fourth-order valence-corrected chi connectivity index (χ4v) is 4.15. The molecule has 1 fully saturated rings. The normalized spacial score (nSPS) is 25.6. The lowest BCUT2D eigenvalue weighted by atomic mass is 10.0. The molecular formula is C14H30N2O2S. The zero-order valence-electron chi connectivity index (χ0n) is 12.7. The highest BCUT2D eigenvalue weighted by atomic mass is 32.2. The topological polar surface area (TPSA) is 49.4 Å². The van der Waals surface area contributed by atoms with Gasteiger partial charge in [-0.3, -0.25) is 4.90 Å². The van der Waals surface area contributed by atoms with Crippen molar-refractivity contribution in [3.63, 3.8) is 0 Å². The molecule has 0 aromatic carbocycles. The average molecular weight is 290 g/mol. The van der Waals surface area contributed by atoms with Gasteiger partial charge in [-0.15, -0.1) is 0 Å². The van der Waals surface area contributed by atoms with Gasteiger partial charge in [0.2, 0.25) is 0 Å². The molecule has 0 aromatic rings. The Balaban J connectivity index is 2.51. The van der Waals surface area contributed by atoms with Crippen molar-refractivity contribution < 1.29 is 8.42 Å². The summed E-state index contributed by atoms with van der Waals surface area (Å²) in [5.41, 5.74) is 0. The zero-order chi connectivity index (χ0) is 14.3. The number of nitrogens with zero attached hydrogens (tertiary/aromatic N) is 1. The second-order valence-corrected chi connectivity index (χ2v) is 7.91. The molecule has 2 atom stereocenters. The molecule has 1 aliphatic rings. The van der Waals surface area contributed by atoms with Gasteiger partial charge < -0.3 is 5.32 Å². The molecule has 5 heteroatoms. The highest BCUT2D eigenvalue weighted by molar-refractivity contribution is 7.91. The van der Waals surface area contributed by atoms with Crippen molar-refractivity contribution in [2.45, 2.75) is 58.5 Å². The third-order valence-electron chi connectivity index (χ3n) is 3.93. The van der Waals surface area contributed by atoms with Gasteiger partial charge in [-0.1, -0.05) is 27.2 Å². The molecule has 0 aliphatic carbocycles. The summed E-state index contributed by atoms with van der Waals surface area (Å²) in [4.78, 5) is 2.38. The van der Waals surface area contributed by atoms with Gasteiger partial charge >= 0.3 is 0 Å². The molecule has 0 amide bonds. The van der Waals surface area contributed by atoms with E-state index in [2.05, 4.69) is 24.1 Å². The Morgan fingerprint density at radius 2 is 1.89 bits per heavy atom. The summed E-state index contributed by atoms with van der Waals surface area (Å²) < 4.78 is 23.7. The van der Waals surface area contributed by atoms with E-state index >= 15 is 0 Å². The van der Waals surface area contributed by atoms with Crippen LogP contribution in [0.15, 0.2) is 0 Å². The first-order chi connectivity index (χ1) is 9.02. The molecule has 1 rings (SSSR count). The molecular weight excluding hydrogens is 260 g/mol. The van der Waals surface area contributed by atoms with Crippen LogP contribution in [0.4, 0.5) is 0 Å². The minimum Gasteiger partial charge on any atom is -0.311 e. The van der Waals surface area contributed by atoms with Crippen molar-refractivity contribution in [2.24, 2.45) is 0 Å². The molecule has 1 N–H and O–H groups in total. The Bertz CT molecular complexity index is 343. The highest BCUT2D eigenvalue weighted by Gasteiger charge is 2.26. The first kappa shape index (κ1) is 16.9. The Morgan fingerprint density at radius 1 is 1.16 bits per heavy atom. The van der Waals surface area contributed by atoms with Gasteiger partial charge in [0.1, 0.15) is 0 Å². The van der Waals surface area contributed by atoms with Gasteiger partial charge in [0.15, 0.2) is 9.84 Å². The van der Waals surface area contributed by atoms with Gasteiger partial charge in [0.05, 0.1) is 5.75 Å². The van der Waals surface area contributed by atoms with E-state index in [1.54, 1.807) is 0 Å². The van der Waals surface area contributed by atoms with E-state index in [0.717, 1.165) is 25.9 Å². The fraction of sp³-hybridized carbons (Fsp3) is 1.00. The second kappa shape index (κ2) is 8.22. The number of nitrogens with one attached hydrogen (secondary N) is 1. The molecule has 1 heterocycles. The van der Waals surface area contributed by atoms with Gasteiger partial charge in [-0.05, 0) is 19.3 Å². The van der Waals surface area contributed by atoms with E-state index in [9.17, 15) is 8.42 Å². The van der Waals surface area contributed by atoms with Crippen LogP contribution < -0.4 is 5.32 Å². The maximum Gasteiger partial charge on any atom is 0.151 e. The number of rotatable bonds is 8. The predicted octanol–water partition coefficient (Wildman–Crippen LogP) is 1.66. The van der Waals surface area contributed by atoms with Crippen molar-refractivity contribution in [3.05, 3.63) is 0 Å². The third-order valence-corrected chi connectivity index (χ3v) is 5.76. The van der Waals surface area contributed by atoms with E-state index in [0.29, 0.717) is 30.1 Å². The lowest BCUT2D eigenvalue weighted by molar-refractivity contribution is 0.130. The van der Waals surface area contributed by atoms with Crippen molar-refractivity contribution in [2.75, 3.05) is 31.1 Å². The van der Waals surface area contributed by atoms with Crippen LogP contribution in [0.1, 0.15) is 46.5 Å². The average Bonchev–Trinajstić information content (AvgIpc) is 2.37. The largest absolute Gasteiger partial charge is 0.311 e. The molecule has 2 unspecified atom stereocenters. The predicted molar refractivity (Wildman–Crippen MR) is 81.3 cm³/mol. The molecule has 1 saturated heterocycles. The summed E-state index contributed by atoms with van der Waals surface area (Å²) in [5.74, 6) is 0.643. The Hall–Kier alpha value is -0.130. The molecule has 19 heavy (non-hydrogen) atoms. The maximum absolute atomic E-state index is 11.8. The molecule has 0 radical (unpaired) electrons. The third kappa shape index (κ3) is 5.79. The minimum absolute atomic E-state index is 0.316. The first-order valence-electron chi connectivity index (χ1n) is 7.70. The van der Waals surface area contributed by atoms with Gasteiger partial charge in [-0.25, -0.2) is 8.42 Å². The van der Waals surface area contributed by atoms with Crippen molar-refractivity contribution in [1.82, 2.24) is 10.2 Å². The number of hydrogen-bond acceptors (Lipinski definition) is 4. The molecule has 0 spiro atoms. The Kier molecular flexibility index (Phi) is 7.32. The van der Waals surface area contributed by atoms with Crippen LogP contribution in [0.3, 0.4) is 0 Å².